The second-order valence-corrected chi connectivity index (χ2v) is 5.16. The maximum atomic E-state index is 11.6. The minimum Gasteiger partial charge on any atom is -0.464 e. The predicted molar refractivity (Wildman–Crippen MR) is 66.3 cm³/mol. The average Bonchev–Trinajstić information content (AvgIpc) is 2.83. The Morgan fingerprint density at radius 2 is 1.95 bits per heavy atom. The Bertz CT molecular complexity index is 707. The van der Waals surface area contributed by atoms with Gasteiger partial charge in [0.15, 0.2) is 10.7 Å². The molecule has 1 heterocycles. The third kappa shape index (κ3) is 2.64. The van der Waals surface area contributed by atoms with Crippen LogP contribution in [0.4, 0.5) is 0 Å². The molecule has 0 saturated heterocycles. The molecule has 1 aromatic heterocycles. The zero-order valence-electron chi connectivity index (χ0n) is 9.98. The number of rotatable bonds is 3. The molecular weight excluding hydrogens is 270 g/mol. The lowest BCUT2D eigenvalue weighted by Gasteiger charge is -2.04. The highest BCUT2D eigenvalue weighted by atomic mass is 32.2. The van der Waals surface area contributed by atoms with Crippen LogP contribution in [0.3, 0.4) is 0 Å². The molecule has 0 unspecified atom stereocenters. The standard InChI is InChI=1S/C11H11N3O4S/c1-18-11(15)9-7-10(19(12,16)17)13-14(9)8-5-3-2-4-6-8/h2-7H,1H3,(H2,12,16,17). The Balaban J connectivity index is 2.65. The van der Waals surface area contributed by atoms with Crippen LogP contribution in [0.15, 0.2) is 41.4 Å². The quantitative estimate of drug-likeness (QED) is 0.815. The minimum atomic E-state index is -3.99. The van der Waals surface area contributed by atoms with E-state index < -0.39 is 21.0 Å². The van der Waals surface area contributed by atoms with Crippen molar-refractivity contribution >= 4 is 16.0 Å². The number of carbonyl (C=O) groups excluding carboxylic acids is 1. The Morgan fingerprint density at radius 3 is 2.47 bits per heavy atom. The van der Waals surface area contributed by atoms with E-state index in [0.717, 1.165) is 6.07 Å². The first kappa shape index (κ1) is 13.2. The van der Waals surface area contributed by atoms with E-state index in [1.807, 2.05) is 0 Å². The summed E-state index contributed by atoms with van der Waals surface area (Å²) < 4.78 is 28.3. The first-order chi connectivity index (χ1) is 8.93. The van der Waals surface area contributed by atoms with Crippen LogP contribution in [-0.2, 0) is 14.8 Å². The molecule has 2 aromatic rings. The van der Waals surface area contributed by atoms with Gasteiger partial charge < -0.3 is 4.74 Å². The van der Waals surface area contributed by atoms with Crippen LogP contribution >= 0.6 is 0 Å². The molecule has 0 radical (unpaired) electrons. The van der Waals surface area contributed by atoms with Gasteiger partial charge in [0, 0.05) is 6.07 Å². The monoisotopic (exact) mass is 281 g/mol. The number of hydrogen-bond acceptors (Lipinski definition) is 5. The van der Waals surface area contributed by atoms with Gasteiger partial charge in [-0.2, -0.15) is 5.10 Å². The van der Waals surface area contributed by atoms with E-state index in [9.17, 15) is 13.2 Å². The molecule has 2 N–H and O–H groups in total. The van der Waals surface area contributed by atoms with Crippen LogP contribution in [0.5, 0.6) is 0 Å². The van der Waals surface area contributed by atoms with E-state index in [1.165, 1.54) is 11.8 Å². The molecule has 19 heavy (non-hydrogen) atoms. The van der Waals surface area contributed by atoms with Gasteiger partial charge in [0.2, 0.25) is 0 Å². The first-order valence-corrected chi connectivity index (χ1v) is 6.74. The lowest BCUT2D eigenvalue weighted by Crippen LogP contribution is -2.13. The number of esters is 1. The zero-order chi connectivity index (χ0) is 14.0. The van der Waals surface area contributed by atoms with Gasteiger partial charge in [-0.1, -0.05) is 18.2 Å². The van der Waals surface area contributed by atoms with Crippen molar-refractivity contribution in [3.63, 3.8) is 0 Å². The second-order valence-electron chi connectivity index (χ2n) is 3.65. The van der Waals surface area contributed by atoms with Gasteiger partial charge >= 0.3 is 5.97 Å². The minimum absolute atomic E-state index is 0.0160. The first-order valence-electron chi connectivity index (χ1n) is 5.20. The van der Waals surface area contributed by atoms with E-state index in [2.05, 4.69) is 9.84 Å². The number of aromatic nitrogens is 2. The normalized spacial score (nSPS) is 11.3. The van der Waals surface area contributed by atoms with Crippen LogP contribution in [0.25, 0.3) is 5.69 Å². The molecule has 100 valence electrons. The molecule has 0 saturated carbocycles. The molecule has 7 nitrogen and oxygen atoms in total. The molecule has 8 heteroatoms. The molecule has 0 aliphatic rings. The van der Waals surface area contributed by atoms with Crippen molar-refractivity contribution in [2.75, 3.05) is 7.11 Å². The van der Waals surface area contributed by atoms with Crippen molar-refractivity contribution in [3.8, 4) is 5.69 Å². The number of para-hydroxylation sites is 1. The fraction of sp³-hybridized carbons (Fsp3) is 0.0909. The molecule has 1 aromatic carbocycles. The van der Waals surface area contributed by atoms with Crippen molar-refractivity contribution in [1.29, 1.82) is 0 Å². The molecule has 0 spiro atoms. The summed E-state index contributed by atoms with van der Waals surface area (Å²) in [5.74, 6) is -0.703. The van der Waals surface area contributed by atoms with Crippen LogP contribution in [0, 0.1) is 0 Å². The molecule has 0 fully saturated rings. The molecule has 0 aliphatic heterocycles. The van der Waals surface area contributed by atoms with Crippen molar-refractivity contribution in [2.45, 2.75) is 5.03 Å². The highest BCUT2D eigenvalue weighted by Gasteiger charge is 2.22. The number of carbonyl (C=O) groups is 1. The highest BCUT2D eigenvalue weighted by Crippen LogP contribution is 2.15. The summed E-state index contributed by atoms with van der Waals surface area (Å²) in [4.78, 5) is 11.6. The van der Waals surface area contributed by atoms with Crippen LogP contribution in [-0.4, -0.2) is 31.3 Å². The van der Waals surface area contributed by atoms with E-state index >= 15 is 0 Å². The van der Waals surface area contributed by atoms with Gasteiger partial charge in [-0.15, -0.1) is 0 Å². The number of primary sulfonamides is 1. The lowest BCUT2D eigenvalue weighted by atomic mass is 10.3. The van der Waals surface area contributed by atoms with Crippen LogP contribution < -0.4 is 5.14 Å². The number of hydrogen-bond donors (Lipinski definition) is 1. The second kappa shape index (κ2) is 4.82. The smallest absolute Gasteiger partial charge is 0.356 e. The highest BCUT2D eigenvalue weighted by molar-refractivity contribution is 7.89. The number of benzene rings is 1. The third-order valence-corrected chi connectivity index (χ3v) is 3.16. The summed E-state index contributed by atoms with van der Waals surface area (Å²) in [6.45, 7) is 0. The molecule has 2 rings (SSSR count). The fourth-order valence-corrected chi connectivity index (χ4v) is 1.99. The summed E-state index contributed by atoms with van der Waals surface area (Å²) in [5, 5.41) is 8.43. The summed E-state index contributed by atoms with van der Waals surface area (Å²) in [6.07, 6.45) is 0. The van der Waals surface area contributed by atoms with Gasteiger partial charge in [0.05, 0.1) is 12.8 Å². The van der Waals surface area contributed by atoms with Crippen molar-refractivity contribution in [1.82, 2.24) is 9.78 Å². The topological polar surface area (TPSA) is 104 Å². The average molecular weight is 281 g/mol. The van der Waals surface area contributed by atoms with Crippen LogP contribution in [0.1, 0.15) is 10.5 Å². The number of ether oxygens (including phenoxy) is 1. The van der Waals surface area contributed by atoms with Crippen molar-refractivity contribution in [3.05, 3.63) is 42.1 Å². The van der Waals surface area contributed by atoms with E-state index in [4.69, 9.17) is 5.14 Å². The van der Waals surface area contributed by atoms with Crippen molar-refractivity contribution in [2.24, 2.45) is 5.14 Å². The SMILES string of the molecule is COC(=O)c1cc(S(N)(=O)=O)nn1-c1ccccc1. The van der Waals surface area contributed by atoms with Crippen molar-refractivity contribution < 1.29 is 17.9 Å². The Hall–Kier alpha value is -2.19. The van der Waals surface area contributed by atoms with Gasteiger partial charge in [-0.05, 0) is 12.1 Å². The third-order valence-electron chi connectivity index (χ3n) is 2.37. The lowest BCUT2D eigenvalue weighted by molar-refractivity contribution is 0.0590. The largest absolute Gasteiger partial charge is 0.464 e. The van der Waals surface area contributed by atoms with Gasteiger partial charge in [0.25, 0.3) is 10.0 Å². The van der Waals surface area contributed by atoms with Gasteiger partial charge in [0.1, 0.15) is 0 Å². The van der Waals surface area contributed by atoms with E-state index in [-0.39, 0.29) is 5.69 Å². The fourth-order valence-electron chi connectivity index (χ4n) is 1.51. The number of methoxy groups -OCH3 is 1. The maximum Gasteiger partial charge on any atom is 0.356 e. The Morgan fingerprint density at radius 1 is 1.32 bits per heavy atom. The summed E-state index contributed by atoms with van der Waals surface area (Å²) in [5.41, 5.74) is 0.510. The summed E-state index contributed by atoms with van der Waals surface area (Å²) in [6, 6.07) is 9.67. The van der Waals surface area contributed by atoms with E-state index in [0.29, 0.717) is 5.69 Å². The molecule has 0 amide bonds. The van der Waals surface area contributed by atoms with Gasteiger partial charge in [-0.3, -0.25) is 0 Å². The Labute approximate surface area is 109 Å². The predicted octanol–water partition coefficient (Wildman–Crippen LogP) is 0.306. The number of nitrogens with two attached hydrogens (primary N) is 1. The van der Waals surface area contributed by atoms with Gasteiger partial charge in [-0.25, -0.2) is 23.0 Å². The van der Waals surface area contributed by atoms with E-state index in [1.54, 1.807) is 30.3 Å². The maximum absolute atomic E-state index is 11.6. The molecule has 0 atom stereocenters. The molecular formula is C11H11N3O4S. The number of nitrogens with zero attached hydrogens (tertiary/aromatic N) is 2. The summed E-state index contributed by atoms with van der Waals surface area (Å²) >= 11 is 0. The summed E-state index contributed by atoms with van der Waals surface area (Å²) in [7, 11) is -2.80. The Kier molecular flexibility index (Phi) is 3.36. The molecule has 0 bridgehead atoms. The number of sulfonamides is 1. The molecule has 0 aliphatic carbocycles. The zero-order valence-corrected chi connectivity index (χ0v) is 10.8. The van der Waals surface area contributed by atoms with Crippen LogP contribution in [0.2, 0.25) is 0 Å².